The van der Waals surface area contributed by atoms with Gasteiger partial charge in [-0.25, -0.2) is 0 Å². The molecular formula is C17H29N3O3. The minimum Gasteiger partial charge on any atom is -0.365 e. The van der Waals surface area contributed by atoms with Gasteiger partial charge in [0.15, 0.2) is 6.10 Å². The normalized spacial score (nSPS) is 28.1. The van der Waals surface area contributed by atoms with Gasteiger partial charge in [0.05, 0.1) is 13.2 Å². The molecule has 0 radical (unpaired) electrons. The first-order valence-corrected chi connectivity index (χ1v) is 8.92. The van der Waals surface area contributed by atoms with Gasteiger partial charge in [-0.1, -0.05) is 12.8 Å². The third-order valence-electron chi connectivity index (χ3n) is 5.61. The van der Waals surface area contributed by atoms with Crippen molar-refractivity contribution in [2.75, 3.05) is 46.9 Å². The summed E-state index contributed by atoms with van der Waals surface area (Å²) >= 11 is 0. The van der Waals surface area contributed by atoms with Crippen molar-refractivity contribution in [1.29, 1.82) is 0 Å². The van der Waals surface area contributed by atoms with Crippen LogP contribution >= 0.6 is 0 Å². The van der Waals surface area contributed by atoms with Crippen molar-refractivity contribution in [3.05, 3.63) is 0 Å². The smallest absolute Gasteiger partial charge is 0.253 e. The van der Waals surface area contributed by atoms with Gasteiger partial charge in [-0.2, -0.15) is 0 Å². The molecule has 0 bridgehead atoms. The predicted molar refractivity (Wildman–Crippen MR) is 87.0 cm³/mol. The Morgan fingerprint density at radius 1 is 1.04 bits per heavy atom. The molecule has 0 spiro atoms. The van der Waals surface area contributed by atoms with E-state index in [1.165, 1.54) is 12.8 Å². The molecule has 2 aliphatic heterocycles. The molecule has 1 aliphatic carbocycles. The highest BCUT2D eigenvalue weighted by Crippen LogP contribution is 2.39. The van der Waals surface area contributed by atoms with E-state index in [4.69, 9.17) is 4.74 Å². The van der Waals surface area contributed by atoms with Crippen LogP contribution < -0.4 is 0 Å². The topological polar surface area (TPSA) is 53.1 Å². The average Bonchev–Trinajstić information content (AvgIpc) is 3.25. The van der Waals surface area contributed by atoms with Crippen molar-refractivity contribution in [1.82, 2.24) is 14.7 Å². The first-order chi connectivity index (χ1) is 11.0. The van der Waals surface area contributed by atoms with Gasteiger partial charge >= 0.3 is 0 Å². The van der Waals surface area contributed by atoms with Gasteiger partial charge in [-0.3, -0.25) is 14.5 Å². The first-order valence-electron chi connectivity index (χ1n) is 8.92. The molecule has 1 atom stereocenters. The van der Waals surface area contributed by atoms with E-state index < -0.39 is 6.10 Å². The quantitative estimate of drug-likeness (QED) is 0.768. The van der Waals surface area contributed by atoms with E-state index in [9.17, 15) is 9.59 Å². The molecule has 23 heavy (non-hydrogen) atoms. The second-order valence-corrected chi connectivity index (χ2v) is 7.28. The van der Waals surface area contributed by atoms with Crippen LogP contribution in [0.2, 0.25) is 0 Å². The zero-order valence-electron chi connectivity index (χ0n) is 14.4. The Morgan fingerprint density at radius 3 is 2.30 bits per heavy atom. The second-order valence-electron chi connectivity index (χ2n) is 7.28. The zero-order valence-corrected chi connectivity index (χ0v) is 14.4. The molecule has 2 saturated heterocycles. The van der Waals surface area contributed by atoms with Crippen molar-refractivity contribution < 1.29 is 14.3 Å². The number of carbonyl (C=O) groups is 2. The van der Waals surface area contributed by atoms with Crippen LogP contribution in [0, 0.1) is 0 Å². The SMILES string of the molecule is CN(C)C(=O)C1CN(C(=O)C2(N3CCCC3)CCCC2)CCO1. The van der Waals surface area contributed by atoms with Crippen LogP contribution in [0.25, 0.3) is 0 Å². The van der Waals surface area contributed by atoms with Crippen LogP contribution in [-0.4, -0.2) is 85.0 Å². The standard InChI is InChI=1S/C17H29N3O3/c1-18(2)15(21)14-13-19(11-12-23-14)16(22)17(7-3-4-8-17)20-9-5-6-10-20/h14H,3-13H2,1-2H3. The molecule has 1 saturated carbocycles. The Labute approximate surface area is 138 Å². The summed E-state index contributed by atoms with van der Waals surface area (Å²) in [5, 5.41) is 0. The number of likely N-dealkylation sites (N-methyl/N-ethyl adjacent to an activating group) is 1. The molecule has 0 aromatic carbocycles. The fourth-order valence-corrected chi connectivity index (χ4v) is 4.34. The maximum Gasteiger partial charge on any atom is 0.253 e. The molecule has 6 nitrogen and oxygen atoms in total. The summed E-state index contributed by atoms with van der Waals surface area (Å²) in [6.45, 7) is 3.52. The van der Waals surface area contributed by atoms with Gasteiger partial charge in [0.25, 0.3) is 5.91 Å². The third-order valence-corrected chi connectivity index (χ3v) is 5.61. The fourth-order valence-electron chi connectivity index (χ4n) is 4.34. The van der Waals surface area contributed by atoms with Crippen LogP contribution in [0.4, 0.5) is 0 Å². The van der Waals surface area contributed by atoms with E-state index in [0.717, 1.165) is 38.8 Å². The van der Waals surface area contributed by atoms with Crippen LogP contribution in [0.15, 0.2) is 0 Å². The van der Waals surface area contributed by atoms with Gasteiger partial charge < -0.3 is 14.5 Å². The summed E-state index contributed by atoms with van der Waals surface area (Å²) < 4.78 is 5.60. The average molecular weight is 323 g/mol. The molecule has 0 aromatic rings. The molecule has 2 heterocycles. The number of rotatable bonds is 3. The second kappa shape index (κ2) is 6.77. The molecule has 130 valence electrons. The molecule has 2 amide bonds. The summed E-state index contributed by atoms with van der Waals surface area (Å²) in [6.07, 6.45) is 6.07. The molecule has 3 rings (SSSR count). The largest absolute Gasteiger partial charge is 0.365 e. The summed E-state index contributed by atoms with van der Waals surface area (Å²) in [7, 11) is 3.46. The van der Waals surface area contributed by atoms with Gasteiger partial charge in [-0.15, -0.1) is 0 Å². The molecule has 1 unspecified atom stereocenters. The Morgan fingerprint density at radius 2 is 1.70 bits per heavy atom. The van der Waals surface area contributed by atoms with E-state index >= 15 is 0 Å². The number of amides is 2. The maximum absolute atomic E-state index is 13.4. The maximum atomic E-state index is 13.4. The van der Waals surface area contributed by atoms with Crippen molar-refractivity contribution in [2.45, 2.75) is 50.2 Å². The van der Waals surface area contributed by atoms with Gasteiger partial charge in [0.2, 0.25) is 5.91 Å². The number of hydrogen-bond donors (Lipinski definition) is 0. The van der Waals surface area contributed by atoms with Crippen molar-refractivity contribution in [3.8, 4) is 0 Å². The Kier molecular flexibility index (Phi) is 4.92. The molecular weight excluding hydrogens is 294 g/mol. The van der Waals surface area contributed by atoms with Crippen LogP contribution in [0.3, 0.4) is 0 Å². The number of morpholine rings is 1. The lowest BCUT2D eigenvalue weighted by Gasteiger charge is -2.43. The van der Waals surface area contributed by atoms with Gasteiger partial charge in [0, 0.05) is 20.6 Å². The lowest BCUT2D eigenvalue weighted by atomic mass is 9.92. The van der Waals surface area contributed by atoms with Crippen molar-refractivity contribution >= 4 is 11.8 Å². The Bertz CT molecular complexity index is 454. The van der Waals surface area contributed by atoms with Crippen LogP contribution in [0.1, 0.15) is 38.5 Å². The number of ether oxygens (including phenoxy) is 1. The van der Waals surface area contributed by atoms with Crippen molar-refractivity contribution in [2.24, 2.45) is 0 Å². The number of carbonyl (C=O) groups excluding carboxylic acids is 2. The van der Waals surface area contributed by atoms with E-state index in [1.807, 2.05) is 4.90 Å². The number of likely N-dealkylation sites (tertiary alicyclic amines) is 1. The number of hydrogen-bond acceptors (Lipinski definition) is 4. The van der Waals surface area contributed by atoms with Crippen LogP contribution in [0.5, 0.6) is 0 Å². The zero-order chi connectivity index (χ0) is 16.4. The summed E-state index contributed by atoms with van der Waals surface area (Å²) in [6, 6.07) is 0. The van der Waals surface area contributed by atoms with E-state index in [2.05, 4.69) is 4.90 Å². The van der Waals surface area contributed by atoms with Gasteiger partial charge in [-0.05, 0) is 38.8 Å². The monoisotopic (exact) mass is 323 g/mol. The van der Waals surface area contributed by atoms with E-state index in [-0.39, 0.29) is 17.4 Å². The lowest BCUT2D eigenvalue weighted by Crippen LogP contribution is -2.61. The molecule has 3 aliphatic rings. The summed E-state index contributed by atoms with van der Waals surface area (Å²) in [5.41, 5.74) is -0.306. The highest BCUT2D eigenvalue weighted by atomic mass is 16.5. The minimum absolute atomic E-state index is 0.0517. The Balaban J connectivity index is 1.73. The van der Waals surface area contributed by atoms with Gasteiger partial charge in [0.1, 0.15) is 5.54 Å². The highest BCUT2D eigenvalue weighted by molar-refractivity contribution is 5.88. The molecule has 0 N–H and O–H groups in total. The van der Waals surface area contributed by atoms with Crippen molar-refractivity contribution in [3.63, 3.8) is 0 Å². The first kappa shape index (κ1) is 16.7. The molecule has 0 aromatic heterocycles. The summed E-state index contributed by atoms with van der Waals surface area (Å²) in [4.78, 5) is 31.4. The third kappa shape index (κ3) is 3.11. The fraction of sp³-hybridized carbons (Fsp3) is 0.882. The van der Waals surface area contributed by atoms with E-state index in [1.54, 1.807) is 19.0 Å². The highest BCUT2D eigenvalue weighted by Gasteiger charge is 2.49. The van der Waals surface area contributed by atoms with E-state index in [0.29, 0.717) is 19.7 Å². The summed E-state index contributed by atoms with van der Waals surface area (Å²) in [5.74, 6) is 0.181. The Hall–Kier alpha value is -1.14. The minimum atomic E-state index is -0.514. The van der Waals surface area contributed by atoms with Crippen LogP contribution in [-0.2, 0) is 14.3 Å². The molecule has 3 fully saturated rings. The lowest BCUT2D eigenvalue weighted by molar-refractivity contribution is -0.158. The predicted octanol–water partition coefficient (Wildman–Crippen LogP) is 0.711. The molecule has 6 heteroatoms. The number of nitrogens with zero attached hydrogens (tertiary/aromatic N) is 3.